The lowest BCUT2D eigenvalue weighted by atomic mass is 9.91. The van der Waals surface area contributed by atoms with Gasteiger partial charge in [-0.25, -0.2) is 0 Å². The highest BCUT2D eigenvalue weighted by molar-refractivity contribution is 6.30. The molecular formula is C27H26Cl2F3NO3. The zero-order valence-corrected chi connectivity index (χ0v) is 21.0. The van der Waals surface area contributed by atoms with Gasteiger partial charge in [0.25, 0.3) is 0 Å². The van der Waals surface area contributed by atoms with Gasteiger partial charge in [0, 0.05) is 35.5 Å². The first-order chi connectivity index (χ1) is 17.0. The van der Waals surface area contributed by atoms with Crippen molar-refractivity contribution in [2.75, 3.05) is 26.7 Å². The third kappa shape index (κ3) is 8.23. The summed E-state index contributed by atoms with van der Waals surface area (Å²) in [5, 5.41) is 10.4. The highest BCUT2D eigenvalue weighted by Gasteiger charge is 2.42. The number of ketones is 1. The first-order valence-electron chi connectivity index (χ1n) is 11.2. The van der Waals surface area contributed by atoms with Crippen molar-refractivity contribution in [1.29, 1.82) is 0 Å². The smallest absolute Gasteiger partial charge is 0.421 e. The van der Waals surface area contributed by atoms with Crippen LogP contribution in [0.25, 0.3) is 0 Å². The van der Waals surface area contributed by atoms with Crippen LogP contribution in [0, 0.1) is 0 Å². The molecule has 1 N–H and O–H groups in total. The molecule has 0 saturated carbocycles. The number of rotatable bonds is 11. The van der Waals surface area contributed by atoms with Crippen LogP contribution in [-0.4, -0.2) is 54.8 Å². The molecule has 1 unspecified atom stereocenters. The van der Waals surface area contributed by atoms with E-state index in [9.17, 15) is 18.0 Å². The SMILES string of the molecule is CN(CCOc1ccc(CC(=O)C(O)C(F)(F)F)cc1)CC(c1ccc(Cl)cc1)c1ccc(Cl)cc1. The van der Waals surface area contributed by atoms with E-state index in [1.807, 2.05) is 55.6 Å². The minimum atomic E-state index is -4.97. The molecule has 1 atom stereocenters. The molecule has 0 bridgehead atoms. The lowest BCUT2D eigenvalue weighted by Crippen LogP contribution is -2.37. The summed E-state index contributed by atoms with van der Waals surface area (Å²) in [6.45, 7) is 1.72. The van der Waals surface area contributed by atoms with E-state index < -0.39 is 24.5 Å². The molecule has 0 aromatic heterocycles. The van der Waals surface area contributed by atoms with Crippen LogP contribution < -0.4 is 4.74 Å². The quantitative estimate of drug-likeness (QED) is 0.316. The van der Waals surface area contributed by atoms with Crippen LogP contribution in [0.4, 0.5) is 13.2 Å². The number of nitrogens with zero attached hydrogens (tertiary/aromatic N) is 1. The number of Topliss-reactive ketones (excluding diaryl/α,β-unsaturated/α-hetero) is 1. The minimum Gasteiger partial charge on any atom is -0.492 e. The molecule has 0 aliphatic heterocycles. The Morgan fingerprint density at radius 3 is 1.89 bits per heavy atom. The van der Waals surface area contributed by atoms with Crippen molar-refractivity contribution in [2.45, 2.75) is 24.6 Å². The van der Waals surface area contributed by atoms with Gasteiger partial charge >= 0.3 is 6.18 Å². The van der Waals surface area contributed by atoms with Gasteiger partial charge in [0.05, 0.1) is 0 Å². The summed E-state index contributed by atoms with van der Waals surface area (Å²) in [4.78, 5) is 13.7. The number of benzene rings is 3. The molecule has 0 aliphatic carbocycles. The number of aliphatic hydroxyl groups excluding tert-OH is 1. The summed E-state index contributed by atoms with van der Waals surface area (Å²) in [6, 6.07) is 21.7. The fraction of sp³-hybridized carbons (Fsp3) is 0.296. The van der Waals surface area contributed by atoms with Crippen LogP contribution >= 0.6 is 23.2 Å². The molecule has 0 aliphatic rings. The van der Waals surface area contributed by atoms with E-state index in [1.54, 1.807) is 12.1 Å². The highest BCUT2D eigenvalue weighted by Crippen LogP contribution is 2.28. The maximum absolute atomic E-state index is 12.5. The number of ether oxygens (including phenoxy) is 1. The molecule has 0 fully saturated rings. The van der Waals surface area contributed by atoms with E-state index in [0.29, 0.717) is 34.5 Å². The third-order valence-electron chi connectivity index (χ3n) is 5.70. The maximum atomic E-state index is 12.5. The summed E-state index contributed by atoms with van der Waals surface area (Å²) in [5.74, 6) is -0.676. The first kappa shape index (κ1) is 28.0. The lowest BCUT2D eigenvalue weighted by molar-refractivity contribution is -0.203. The number of likely N-dealkylation sites (N-methyl/N-ethyl adjacent to an activating group) is 1. The molecular weight excluding hydrogens is 514 g/mol. The van der Waals surface area contributed by atoms with Crippen LogP contribution in [0.1, 0.15) is 22.6 Å². The fourth-order valence-electron chi connectivity index (χ4n) is 3.70. The number of aliphatic hydroxyl groups is 1. The second-order valence-electron chi connectivity index (χ2n) is 8.50. The van der Waals surface area contributed by atoms with Gasteiger partial charge in [-0.2, -0.15) is 13.2 Å². The summed E-state index contributed by atoms with van der Waals surface area (Å²) in [6.07, 6.45) is -8.46. The van der Waals surface area contributed by atoms with Crippen molar-refractivity contribution < 1.29 is 27.8 Å². The predicted octanol–water partition coefficient (Wildman–Crippen LogP) is 6.17. The van der Waals surface area contributed by atoms with Gasteiger partial charge < -0.3 is 14.7 Å². The topological polar surface area (TPSA) is 49.8 Å². The number of hydrogen-bond donors (Lipinski definition) is 1. The van der Waals surface area contributed by atoms with E-state index in [1.165, 1.54) is 12.1 Å². The molecule has 192 valence electrons. The van der Waals surface area contributed by atoms with Crippen molar-refractivity contribution in [3.05, 3.63) is 99.5 Å². The Labute approximate surface area is 218 Å². The Morgan fingerprint density at radius 2 is 1.42 bits per heavy atom. The largest absolute Gasteiger partial charge is 0.492 e. The molecule has 0 saturated heterocycles. The minimum absolute atomic E-state index is 0.0911. The van der Waals surface area contributed by atoms with Crippen molar-refractivity contribution in [3.8, 4) is 5.75 Å². The molecule has 0 heterocycles. The molecule has 0 radical (unpaired) electrons. The van der Waals surface area contributed by atoms with Crippen molar-refractivity contribution >= 4 is 29.0 Å². The average molecular weight is 540 g/mol. The van der Waals surface area contributed by atoms with E-state index in [0.717, 1.165) is 17.7 Å². The third-order valence-corrected chi connectivity index (χ3v) is 6.20. The zero-order valence-electron chi connectivity index (χ0n) is 19.5. The number of carbonyl (C=O) groups is 1. The first-order valence-corrected chi connectivity index (χ1v) is 12.0. The Hall–Kier alpha value is -2.58. The molecule has 3 aromatic rings. The monoisotopic (exact) mass is 539 g/mol. The van der Waals surface area contributed by atoms with Gasteiger partial charge in [-0.15, -0.1) is 0 Å². The Bertz CT molecular complexity index is 1080. The molecule has 9 heteroatoms. The van der Waals surface area contributed by atoms with Gasteiger partial charge in [-0.3, -0.25) is 4.79 Å². The van der Waals surface area contributed by atoms with Crippen molar-refractivity contribution in [1.82, 2.24) is 4.90 Å². The van der Waals surface area contributed by atoms with E-state index in [-0.39, 0.29) is 5.92 Å². The van der Waals surface area contributed by atoms with Gasteiger partial charge in [0.15, 0.2) is 5.78 Å². The molecule has 0 amide bonds. The molecule has 4 nitrogen and oxygen atoms in total. The summed E-state index contributed by atoms with van der Waals surface area (Å²) < 4.78 is 43.2. The van der Waals surface area contributed by atoms with Gasteiger partial charge in [0.1, 0.15) is 12.4 Å². The molecule has 36 heavy (non-hydrogen) atoms. The number of carbonyl (C=O) groups excluding carboxylic acids is 1. The summed E-state index contributed by atoms with van der Waals surface area (Å²) in [7, 11) is 1.99. The van der Waals surface area contributed by atoms with Crippen molar-refractivity contribution in [2.24, 2.45) is 0 Å². The van der Waals surface area contributed by atoms with Crippen LogP contribution in [0.3, 0.4) is 0 Å². The molecule has 3 aromatic carbocycles. The average Bonchev–Trinajstić information content (AvgIpc) is 2.84. The van der Waals surface area contributed by atoms with Gasteiger partial charge in [0.2, 0.25) is 6.10 Å². The summed E-state index contributed by atoms with van der Waals surface area (Å²) in [5.41, 5.74) is 2.60. The summed E-state index contributed by atoms with van der Waals surface area (Å²) >= 11 is 12.1. The van der Waals surface area contributed by atoms with Crippen LogP contribution in [-0.2, 0) is 11.2 Å². The Balaban J connectivity index is 1.55. The Morgan fingerprint density at radius 1 is 0.917 bits per heavy atom. The Kier molecular flexibility index (Phi) is 9.79. The van der Waals surface area contributed by atoms with Crippen LogP contribution in [0.5, 0.6) is 5.75 Å². The standard InChI is InChI=1S/C27H26Cl2F3NO3/c1-33(17-24(19-4-8-21(28)9-5-19)20-6-10-22(29)11-7-20)14-15-36-23-12-2-18(3-13-23)16-25(34)26(35)27(30,31)32/h2-13,24,26,35H,14-17H2,1H3. The zero-order chi connectivity index (χ0) is 26.3. The van der Waals surface area contributed by atoms with E-state index >= 15 is 0 Å². The van der Waals surface area contributed by atoms with Gasteiger partial charge in [-0.05, 0) is 60.1 Å². The van der Waals surface area contributed by atoms with Crippen molar-refractivity contribution in [3.63, 3.8) is 0 Å². The number of alkyl halides is 3. The van der Waals surface area contributed by atoms with Crippen LogP contribution in [0.2, 0.25) is 10.0 Å². The number of hydrogen-bond acceptors (Lipinski definition) is 4. The van der Waals surface area contributed by atoms with E-state index in [4.69, 9.17) is 33.0 Å². The number of halogens is 5. The van der Waals surface area contributed by atoms with Crippen LogP contribution in [0.15, 0.2) is 72.8 Å². The van der Waals surface area contributed by atoms with E-state index in [2.05, 4.69) is 4.90 Å². The molecule has 3 rings (SSSR count). The lowest BCUT2D eigenvalue weighted by Gasteiger charge is -2.25. The maximum Gasteiger partial charge on any atom is 0.421 e. The molecule has 0 spiro atoms. The second kappa shape index (κ2) is 12.6. The highest BCUT2D eigenvalue weighted by atomic mass is 35.5. The predicted molar refractivity (Wildman–Crippen MR) is 135 cm³/mol. The van der Waals surface area contributed by atoms with Gasteiger partial charge in [-0.1, -0.05) is 59.6 Å². The fourth-order valence-corrected chi connectivity index (χ4v) is 3.95. The second-order valence-corrected chi connectivity index (χ2v) is 9.37. The normalized spacial score (nSPS) is 12.7.